The van der Waals surface area contributed by atoms with Gasteiger partial charge in [0, 0.05) is 10.4 Å². The summed E-state index contributed by atoms with van der Waals surface area (Å²) in [7, 11) is 0. The molecule has 1 aromatic carbocycles. The summed E-state index contributed by atoms with van der Waals surface area (Å²) in [5, 5.41) is 8.86. The zero-order chi connectivity index (χ0) is 14.8. The second-order valence-corrected chi connectivity index (χ2v) is 5.19. The van der Waals surface area contributed by atoms with Gasteiger partial charge in [0.25, 0.3) is 0 Å². The van der Waals surface area contributed by atoms with Crippen LogP contribution in [0.4, 0.5) is 14.6 Å². The Morgan fingerprint density at radius 2 is 1.95 bits per heavy atom. The minimum absolute atomic E-state index is 0.110. The summed E-state index contributed by atoms with van der Waals surface area (Å²) < 4.78 is 28.6. The molecule has 0 saturated heterocycles. The van der Waals surface area contributed by atoms with E-state index < -0.39 is 6.61 Å². The number of nitrogen functional groups attached to an aromatic ring is 1. The quantitative estimate of drug-likeness (QED) is 0.766. The molecule has 2 heterocycles. The molecule has 0 saturated carbocycles. The summed E-state index contributed by atoms with van der Waals surface area (Å²) in [6.45, 7) is -2.83. The number of nitrogens with zero attached hydrogens (tertiary/aromatic N) is 1. The molecule has 0 aliphatic carbocycles. The lowest BCUT2D eigenvalue weighted by Gasteiger charge is -2.06. The highest BCUT2D eigenvalue weighted by Crippen LogP contribution is 2.37. The van der Waals surface area contributed by atoms with Crippen LogP contribution in [-0.2, 0) is 0 Å². The molecule has 0 spiro atoms. The standard InChI is InChI=1S/C14H11F2N3OS/c15-14(16)20-9-5-3-8(4-6-9)12-11(13(17)19-18-12)10-2-1-7-21-10/h1-7,14H,(H3,17,18,19). The van der Waals surface area contributed by atoms with Crippen LogP contribution in [0.5, 0.6) is 5.75 Å². The first kappa shape index (κ1) is 13.6. The van der Waals surface area contributed by atoms with Crippen LogP contribution < -0.4 is 10.5 Å². The van der Waals surface area contributed by atoms with E-state index in [2.05, 4.69) is 14.9 Å². The number of H-pyrrole nitrogens is 1. The second-order valence-electron chi connectivity index (χ2n) is 4.24. The van der Waals surface area contributed by atoms with Gasteiger partial charge in [-0.25, -0.2) is 0 Å². The number of alkyl halides is 2. The monoisotopic (exact) mass is 307 g/mol. The van der Waals surface area contributed by atoms with E-state index in [4.69, 9.17) is 5.73 Å². The predicted molar refractivity (Wildman–Crippen MR) is 78.4 cm³/mol. The lowest BCUT2D eigenvalue weighted by molar-refractivity contribution is -0.0498. The average molecular weight is 307 g/mol. The van der Waals surface area contributed by atoms with Crippen molar-refractivity contribution in [1.82, 2.24) is 10.2 Å². The second kappa shape index (κ2) is 5.53. The Balaban J connectivity index is 1.98. The topological polar surface area (TPSA) is 63.9 Å². The molecule has 2 aromatic heterocycles. The smallest absolute Gasteiger partial charge is 0.387 e. The number of thiophene rings is 1. The highest BCUT2D eigenvalue weighted by Gasteiger charge is 2.15. The van der Waals surface area contributed by atoms with Crippen molar-refractivity contribution < 1.29 is 13.5 Å². The van der Waals surface area contributed by atoms with Crippen molar-refractivity contribution in [1.29, 1.82) is 0 Å². The van der Waals surface area contributed by atoms with E-state index in [1.807, 2.05) is 17.5 Å². The first-order valence-corrected chi connectivity index (χ1v) is 6.96. The SMILES string of the molecule is Nc1n[nH]c(-c2ccc(OC(F)F)cc2)c1-c1cccs1. The number of halogens is 2. The van der Waals surface area contributed by atoms with Gasteiger partial charge in [0.1, 0.15) is 5.75 Å². The lowest BCUT2D eigenvalue weighted by atomic mass is 10.1. The lowest BCUT2D eigenvalue weighted by Crippen LogP contribution is -2.01. The van der Waals surface area contributed by atoms with Crippen LogP contribution in [0.2, 0.25) is 0 Å². The number of anilines is 1. The Morgan fingerprint density at radius 3 is 2.57 bits per heavy atom. The molecular formula is C14H11F2N3OS. The molecule has 7 heteroatoms. The number of hydrogen-bond donors (Lipinski definition) is 2. The van der Waals surface area contributed by atoms with Crippen LogP contribution in [0.15, 0.2) is 41.8 Å². The number of nitrogens with two attached hydrogens (primary N) is 1. The zero-order valence-electron chi connectivity index (χ0n) is 10.7. The molecule has 4 nitrogen and oxygen atoms in total. The molecule has 0 amide bonds. The summed E-state index contributed by atoms with van der Waals surface area (Å²) in [4.78, 5) is 0.990. The fourth-order valence-electron chi connectivity index (χ4n) is 2.04. The fraction of sp³-hybridized carbons (Fsp3) is 0.0714. The summed E-state index contributed by atoms with van der Waals surface area (Å²) in [5.74, 6) is 0.513. The summed E-state index contributed by atoms with van der Waals surface area (Å²) in [5.41, 5.74) is 8.26. The van der Waals surface area contributed by atoms with Gasteiger partial charge in [-0.1, -0.05) is 6.07 Å². The maximum absolute atomic E-state index is 12.1. The molecular weight excluding hydrogens is 296 g/mol. The van der Waals surface area contributed by atoms with Crippen molar-refractivity contribution in [3.8, 4) is 27.4 Å². The van der Waals surface area contributed by atoms with E-state index in [0.29, 0.717) is 5.82 Å². The maximum Gasteiger partial charge on any atom is 0.387 e. The van der Waals surface area contributed by atoms with Crippen molar-refractivity contribution in [3.63, 3.8) is 0 Å². The number of ether oxygens (including phenoxy) is 1. The predicted octanol–water partition coefficient (Wildman–Crippen LogP) is 3.99. The van der Waals surface area contributed by atoms with Crippen molar-refractivity contribution in [2.45, 2.75) is 6.61 Å². The molecule has 0 bridgehead atoms. The van der Waals surface area contributed by atoms with Crippen LogP contribution in [-0.4, -0.2) is 16.8 Å². The molecule has 0 unspecified atom stereocenters. The van der Waals surface area contributed by atoms with Gasteiger partial charge in [-0.2, -0.15) is 13.9 Å². The van der Waals surface area contributed by atoms with Crippen LogP contribution in [0.1, 0.15) is 0 Å². The first-order valence-electron chi connectivity index (χ1n) is 6.08. The van der Waals surface area contributed by atoms with Gasteiger partial charge in [0.15, 0.2) is 5.82 Å². The number of benzene rings is 1. The Kier molecular flexibility index (Phi) is 3.57. The third-order valence-electron chi connectivity index (χ3n) is 2.93. The van der Waals surface area contributed by atoms with Gasteiger partial charge in [-0.05, 0) is 35.7 Å². The minimum Gasteiger partial charge on any atom is -0.435 e. The van der Waals surface area contributed by atoms with Crippen molar-refractivity contribution in [2.75, 3.05) is 5.73 Å². The van der Waals surface area contributed by atoms with E-state index in [1.165, 1.54) is 12.1 Å². The summed E-state index contributed by atoms with van der Waals surface area (Å²) >= 11 is 1.55. The normalized spacial score (nSPS) is 11.0. The molecule has 21 heavy (non-hydrogen) atoms. The number of aromatic nitrogens is 2. The Morgan fingerprint density at radius 1 is 1.19 bits per heavy atom. The Labute approximate surface area is 123 Å². The fourth-order valence-corrected chi connectivity index (χ4v) is 2.82. The van der Waals surface area contributed by atoms with Gasteiger partial charge in [-0.3, -0.25) is 5.10 Å². The molecule has 3 rings (SSSR count). The summed E-state index contributed by atoms with van der Waals surface area (Å²) in [6.07, 6.45) is 0. The van der Waals surface area contributed by atoms with Crippen molar-refractivity contribution in [2.24, 2.45) is 0 Å². The number of hydrogen-bond acceptors (Lipinski definition) is 4. The van der Waals surface area contributed by atoms with Crippen molar-refractivity contribution in [3.05, 3.63) is 41.8 Å². The largest absolute Gasteiger partial charge is 0.435 e. The van der Waals surface area contributed by atoms with E-state index in [9.17, 15) is 8.78 Å². The molecule has 0 aliphatic heterocycles. The molecule has 3 N–H and O–H groups in total. The zero-order valence-corrected chi connectivity index (χ0v) is 11.5. The van der Waals surface area contributed by atoms with Gasteiger partial charge in [-0.15, -0.1) is 11.3 Å². The van der Waals surface area contributed by atoms with Gasteiger partial charge in [0.05, 0.1) is 11.3 Å². The van der Waals surface area contributed by atoms with E-state index >= 15 is 0 Å². The van der Waals surface area contributed by atoms with Crippen LogP contribution in [0.3, 0.4) is 0 Å². The van der Waals surface area contributed by atoms with Crippen LogP contribution in [0, 0.1) is 0 Å². The minimum atomic E-state index is -2.83. The molecule has 3 aromatic rings. The molecule has 0 radical (unpaired) electrons. The maximum atomic E-state index is 12.1. The number of aromatic amines is 1. The molecule has 0 atom stereocenters. The van der Waals surface area contributed by atoms with E-state index in [-0.39, 0.29) is 5.75 Å². The highest BCUT2D eigenvalue weighted by molar-refractivity contribution is 7.13. The van der Waals surface area contributed by atoms with Gasteiger partial charge in [0.2, 0.25) is 0 Å². The number of nitrogens with one attached hydrogen (secondary N) is 1. The van der Waals surface area contributed by atoms with Crippen LogP contribution >= 0.6 is 11.3 Å². The van der Waals surface area contributed by atoms with Gasteiger partial charge >= 0.3 is 6.61 Å². The first-order chi connectivity index (χ1) is 10.1. The van der Waals surface area contributed by atoms with Crippen molar-refractivity contribution >= 4 is 17.2 Å². The molecule has 0 fully saturated rings. The average Bonchev–Trinajstić information content (AvgIpc) is 3.08. The third kappa shape index (κ3) is 2.73. The van der Waals surface area contributed by atoms with Crippen LogP contribution in [0.25, 0.3) is 21.7 Å². The molecule has 108 valence electrons. The number of rotatable bonds is 4. The van der Waals surface area contributed by atoms with E-state index in [1.54, 1.807) is 23.5 Å². The third-order valence-corrected chi connectivity index (χ3v) is 3.82. The Bertz CT molecular complexity index is 723. The highest BCUT2D eigenvalue weighted by atomic mass is 32.1. The summed E-state index contributed by atoms with van der Waals surface area (Å²) in [6, 6.07) is 10.2. The van der Waals surface area contributed by atoms with Gasteiger partial charge < -0.3 is 10.5 Å². The van der Waals surface area contributed by atoms with E-state index in [0.717, 1.165) is 21.7 Å². The Hall–Kier alpha value is -2.41. The molecule has 0 aliphatic rings.